The van der Waals surface area contributed by atoms with E-state index in [0.717, 1.165) is 33.7 Å². The van der Waals surface area contributed by atoms with Gasteiger partial charge in [-0.3, -0.25) is 4.79 Å². The van der Waals surface area contributed by atoms with Gasteiger partial charge in [0.05, 0.1) is 19.1 Å². The molecule has 7 heteroatoms. The Kier molecular flexibility index (Phi) is 5.08. The fourth-order valence-corrected chi connectivity index (χ4v) is 4.02. The summed E-state index contributed by atoms with van der Waals surface area (Å²) in [6.45, 7) is 5.91. The van der Waals surface area contributed by atoms with Gasteiger partial charge in [0.1, 0.15) is 10.7 Å². The maximum Gasteiger partial charge on any atom is 0.266 e. The maximum absolute atomic E-state index is 12.8. The molecule has 2 aromatic heterocycles. The van der Waals surface area contributed by atoms with Crippen molar-refractivity contribution in [1.29, 1.82) is 0 Å². The lowest BCUT2D eigenvalue weighted by Crippen LogP contribution is -2.11. The minimum atomic E-state index is -0.171. The first-order valence-corrected chi connectivity index (χ1v) is 9.10. The Labute approximate surface area is 156 Å². The van der Waals surface area contributed by atoms with Gasteiger partial charge >= 0.3 is 0 Å². The Bertz CT molecular complexity index is 982. The molecule has 1 amide bonds. The summed E-state index contributed by atoms with van der Waals surface area (Å²) < 4.78 is 10.5. The van der Waals surface area contributed by atoms with E-state index in [0.29, 0.717) is 22.1 Å². The van der Waals surface area contributed by atoms with Gasteiger partial charge in [0.15, 0.2) is 11.5 Å². The van der Waals surface area contributed by atoms with Crippen LogP contribution in [0.2, 0.25) is 0 Å². The van der Waals surface area contributed by atoms with Crippen LogP contribution in [0.1, 0.15) is 33.7 Å². The highest BCUT2D eigenvalue weighted by Crippen LogP contribution is 2.33. The molecule has 2 heterocycles. The number of aromatic nitrogens is 2. The van der Waals surface area contributed by atoms with Gasteiger partial charge in [0, 0.05) is 29.3 Å². The van der Waals surface area contributed by atoms with Crippen molar-refractivity contribution in [3.05, 3.63) is 40.2 Å². The summed E-state index contributed by atoms with van der Waals surface area (Å²) in [6.07, 6.45) is 0.765. The number of carbonyl (C=O) groups excluding carboxylic acids is 1. The number of aryl methyl sites for hydroxylation is 3. The summed E-state index contributed by atoms with van der Waals surface area (Å²) in [7, 11) is 3.14. The van der Waals surface area contributed by atoms with Crippen LogP contribution in [0.5, 0.6) is 11.5 Å². The van der Waals surface area contributed by atoms with Crippen LogP contribution in [0, 0.1) is 13.8 Å². The number of methoxy groups -OCH3 is 2. The zero-order chi connectivity index (χ0) is 18.8. The van der Waals surface area contributed by atoms with Crippen LogP contribution >= 0.6 is 11.3 Å². The fraction of sp³-hybridized carbons (Fsp3) is 0.316. The molecule has 0 bridgehead atoms. The predicted octanol–water partition coefficient (Wildman–Crippen LogP) is 4.14. The maximum atomic E-state index is 12.8. The third-order valence-corrected chi connectivity index (χ3v) is 5.37. The molecule has 136 valence electrons. The number of anilines is 1. The van der Waals surface area contributed by atoms with Gasteiger partial charge in [-0.15, -0.1) is 11.3 Å². The normalized spacial score (nSPS) is 10.8. The molecule has 1 N–H and O–H groups in total. The summed E-state index contributed by atoms with van der Waals surface area (Å²) in [4.78, 5) is 23.4. The number of fused-ring (bicyclic) bond motifs is 1. The smallest absolute Gasteiger partial charge is 0.266 e. The number of amides is 1. The molecule has 0 spiro atoms. The Hall–Kier alpha value is -2.67. The van der Waals surface area contributed by atoms with E-state index in [1.807, 2.05) is 20.8 Å². The van der Waals surface area contributed by atoms with Crippen molar-refractivity contribution in [3.8, 4) is 11.5 Å². The molecule has 6 nitrogen and oxygen atoms in total. The number of nitrogens with zero attached hydrogens (tertiary/aromatic N) is 2. The number of ether oxygens (including phenoxy) is 2. The van der Waals surface area contributed by atoms with Crippen LogP contribution in [0.15, 0.2) is 18.2 Å². The van der Waals surface area contributed by atoms with Crippen LogP contribution in [-0.4, -0.2) is 30.1 Å². The largest absolute Gasteiger partial charge is 0.493 e. The molecule has 0 aliphatic heterocycles. The van der Waals surface area contributed by atoms with Crippen molar-refractivity contribution in [2.24, 2.45) is 0 Å². The predicted molar refractivity (Wildman–Crippen MR) is 104 cm³/mol. The second-order valence-corrected chi connectivity index (χ2v) is 6.84. The van der Waals surface area contributed by atoms with Crippen molar-refractivity contribution in [2.75, 3.05) is 19.5 Å². The van der Waals surface area contributed by atoms with E-state index in [2.05, 4.69) is 15.3 Å². The van der Waals surface area contributed by atoms with Crippen LogP contribution in [0.25, 0.3) is 10.2 Å². The number of thiophene rings is 1. The molecule has 0 radical (unpaired) electrons. The summed E-state index contributed by atoms with van der Waals surface area (Å²) >= 11 is 1.39. The lowest BCUT2D eigenvalue weighted by Gasteiger charge is -2.10. The van der Waals surface area contributed by atoms with Crippen LogP contribution in [0.3, 0.4) is 0 Å². The second-order valence-electron chi connectivity index (χ2n) is 5.84. The number of hydrogen-bond donors (Lipinski definition) is 1. The monoisotopic (exact) mass is 371 g/mol. The Morgan fingerprint density at radius 1 is 1.15 bits per heavy atom. The Morgan fingerprint density at radius 2 is 1.88 bits per heavy atom. The molecule has 1 aromatic carbocycles. The SMILES string of the molecule is CCc1nc(C)c2c(C)c(C(=O)Nc3ccc(OC)c(OC)c3)sc2n1. The number of hydrogen-bond acceptors (Lipinski definition) is 6. The number of nitrogens with one attached hydrogen (secondary N) is 1. The standard InChI is InChI=1S/C19H21N3O3S/c1-6-15-20-11(3)16-10(2)17(26-19(16)22-15)18(23)21-12-7-8-13(24-4)14(9-12)25-5/h7-9H,6H2,1-5H3,(H,21,23). The van der Waals surface area contributed by atoms with Gasteiger partial charge in [0.25, 0.3) is 5.91 Å². The van der Waals surface area contributed by atoms with E-state index in [4.69, 9.17) is 9.47 Å². The minimum absolute atomic E-state index is 0.171. The van der Waals surface area contributed by atoms with Crippen molar-refractivity contribution >= 4 is 33.1 Å². The Morgan fingerprint density at radius 3 is 2.54 bits per heavy atom. The average Bonchev–Trinajstić information content (AvgIpc) is 2.98. The first-order valence-electron chi connectivity index (χ1n) is 8.28. The molecule has 26 heavy (non-hydrogen) atoms. The molecule has 3 aromatic rings. The van der Waals surface area contributed by atoms with Crippen molar-refractivity contribution < 1.29 is 14.3 Å². The van der Waals surface area contributed by atoms with Crippen LogP contribution in [-0.2, 0) is 6.42 Å². The van der Waals surface area contributed by atoms with E-state index in [1.165, 1.54) is 11.3 Å². The molecule has 0 saturated carbocycles. The van der Waals surface area contributed by atoms with Gasteiger partial charge in [0.2, 0.25) is 0 Å². The van der Waals surface area contributed by atoms with Crippen molar-refractivity contribution in [1.82, 2.24) is 9.97 Å². The molecule has 0 unspecified atom stereocenters. The molecular weight excluding hydrogens is 350 g/mol. The molecule has 0 atom stereocenters. The number of benzene rings is 1. The van der Waals surface area contributed by atoms with Crippen molar-refractivity contribution in [3.63, 3.8) is 0 Å². The molecule has 0 aliphatic rings. The highest BCUT2D eigenvalue weighted by molar-refractivity contribution is 7.20. The Balaban J connectivity index is 1.95. The van der Waals surface area contributed by atoms with Crippen molar-refractivity contribution in [2.45, 2.75) is 27.2 Å². The quantitative estimate of drug-likeness (QED) is 0.730. The van der Waals surface area contributed by atoms with Gasteiger partial charge in [-0.25, -0.2) is 9.97 Å². The van der Waals surface area contributed by atoms with E-state index >= 15 is 0 Å². The molecule has 0 aliphatic carbocycles. The third kappa shape index (κ3) is 3.22. The first kappa shape index (κ1) is 18.1. The highest BCUT2D eigenvalue weighted by atomic mass is 32.1. The number of carbonyl (C=O) groups is 1. The van der Waals surface area contributed by atoms with E-state index < -0.39 is 0 Å². The minimum Gasteiger partial charge on any atom is -0.493 e. The van der Waals surface area contributed by atoms with Gasteiger partial charge in [-0.1, -0.05) is 6.92 Å². The zero-order valence-electron chi connectivity index (χ0n) is 15.5. The lowest BCUT2D eigenvalue weighted by atomic mass is 10.1. The summed E-state index contributed by atoms with van der Waals surface area (Å²) in [6, 6.07) is 5.27. The van der Waals surface area contributed by atoms with E-state index in [1.54, 1.807) is 32.4 Å². The van der Waals surface area contributed by atoms with Crippen LogP contribution < -0.4 is 14.8 Å². The van der Waals surface area contributed by atoms with E-state index in [-0.39, 0.29) is 5.91 Å². The zero-order valence-corrected chi connectivity index (χ0v) is 16.3. The van der Waals surface area contributed by atoms with Gasteiger partial charge in [-0.05, 0) is 31.5 Å². The highest BCUT2D eigenvalue weighted by Gasteiger charge is 2.19. The molecule has 0 fully saturated rings. The fourth-order valence-electron chi connectivity index (χ4n) is 2.87. The second kappa shape index (κ2) is 7.29. The van der Waals surface area contributed by atoms with E-state index in [9.17, 15) is 4.79 Å². The molecule has 0 saturated heterocycles. The number of rotatable bonds is 5. The average molecular weight is 371 g/mol. The molecular formula is C19H21N3O3S. The summed E-state index contributed by atoms with van der Waals surface area (Å²) in [5.41, 5.74) is 2.45. The lowest BCUT2D eigenvalue weighted by molar-refractivity contribution is 0.103. The topological polar surface area (TPSA) is 73.3 Å². The third-order valence-electron chi connectivity index (χ3n) is 4.18. The van der Waals surface area contributed by atoms with Gasteiger partial charge < -0.3 is 14.8 Å². The summed E-state index contributed by atoms with van der Waals surface area (Å²) in [5, 5.41) is 3.88. The van der Waals surface area contributed by atoms with Crippen LogP contribution in [0.4, 0.5) is 5.69 Å². The van der Waals surface area contributed by atoms with Gasteiger partial charge in [-0.2, -0.15) is 0 Å². The summed E-state index contributed by atoms with van der Waals surface area (Å²) in [5.74, 6) is 1.80. The first-order chi connectivity index (χ1) is 12.5. The molecule has 3 rings (SSSR count).